The summed E-state index contributed by atoms with van der Waals surface area (Å²) in [6.07, 6.45) is 2.85. The zero-order valence-corrected chi connectivity index (χ0v) is 16.3. The van der Waals surface area contributed by atoms with Crippen molar-refractivity contribution in [3.05, 3.63) is 0 Å². The van der Waals surface area contributed by atoms with Crippen LogP contribution in [0.5, 0.6) is 0 Å². The van der Waals surface area contributed by atoms with Gasteiger partial charge in [-0.3, -0.25) is 4.79 Å². The highest BCUT2D eigenvalue weighted by Gasteiger charge is 2.55. The van der Waals surface area contributed by atoms with Gasteiger partial charge in [0, 0.05) is 25.4 Å². The van der Waals surface area contributed by atoms with E-state index in [1.807, 2.05) is 0 Å². The third kappa shape index (κ3) is 4.78. The lowest BCUT2D eigenvalue weighted by atomic mass is 9.78. The fourth-order valence-corrected chi connectivity index (χ4v) is 3.84. The molecule has 4 atom stereocenters. The molecular formula is C18H32BN2O5. The number of carbonyl (C=O) groups is 2. The second-order valence-corrected chi connectivity index (χ2v) is 8.36. The minimum absolute atomic E-state index is 0.165. The lowest BCUT2D eigenvalue weighted by molar-refractivity contribution is -0.195. The van der Waals surface area contributed by atoms with Gasteiger partial charge in [-0.25, -0.2) is 4.79 Å². The molecular weight excluding hydrogens is 335 g/mol. The van der Waals surface area contributed by atoms with E-state index in [0.717, 1.165) is 39.8 Å². The van der Waals surface area contributed by atoms with E-state index in [9.17, 15) is 9.59 Å². The van der Waals surface area contributed by atoms with Gasteiger partial charge in [0.2, 0.25) is 6.29 Å². The van der Waals surface area contributed by atoms with Crippen LogP contribution < -0.4 is 10.6 Å². The summed E-state index contributed by atoms with van der Waals surface area (Å²) >= 11 is 0. The van der Waals surface area contributed by atoms with Gasteiger partial charge in [-0.2, -0.15) is 0 Å². The molecule has 0 bridgehead atoms. The van der Waals surface area contributed by atoms with Crippen molar-refractivity contribution >= 4 is 19.4 Å². The molecule has 7 nitrogen and oxygen atoms in total. The molecule has 2 heterocycles. The van der Waals surface area contributed by atoms with Crippen LogP contribution in [0, 0.1) is 11.3 Å². The Morgan fingerprint density at radius 2 is 2.04 bits per heavy atom. The van der Waals surface area contributed by atoms with Gasteiger partial charge >= 0.3 is 11.9 Å². The summed E-state index contributed by atoms with van der Waals surface area (Å²) in [5.74, 6) is -0.584. The largest absolute Gasteiger partial charge is 0.454 e. The van der Waals surface area contributed by atoms with Gasteiger partial charge in [-0.05, 0) is 40.2 Å². The van der Waals surface area contributed by atoms with Crippen molar-refractivity contribution in [3.8, 4) is 0 Å². The quantitative estimate of drug-likeness (QED) is 0.255. The Labute approximate surface area is 156 Å². The monoisotopic (exact) mass is 367 g/mol. The van der Waals surface area contributed by atoms with Crippen LogP contribution in [0.25, 0.3) is 0 Å². The van der Waals surface area contributed by atoms with Gasteiger partial charge in [0.25, 0.3) is 7.48 Å². The minimum Gasteiger partial charge on any atom is -0.454 e. The molecule has 1 radical (unpaired) electrons. The van der Waals surface area contributed by atoms with Crippen molar-refractivity contribution in [3.63, 3.8) is 0 Å². The van der Waals surface area contributed by atoms with Gasteiger partial charge < -0.3 is 25.1 Å². The van der Waals surface area contributed by atoms with Gasteiger partial charge in [-0.1, -0.05) is 19.2 Å². The number of rotatable bonds is 8. The number of carbonyl (C=O) groups excluding carboxylic acids is 2. The smallest absolute Gasteiger partial charge is 0.329 e. The van der Waals surface area contributed by atoms with Crippen LogP contribution in [0.15, 0.2) is 0 Å². The summed E-state index contributed by atoms with van der Waals surface area (Å²) in [4.78, 5) is 25.1. The van der Waals surface area contributed by atoms with Gasteiger partial charge in [0.05, 0.1) is 5.41 Å². The highest BCUT2D eigenvalue weighted by Crippen LogP contribution is 2.38. The summed E-state index contributed by atoms with van der Waals surface area (Å²) in [7, 11) is 1.15. The van der Waals surface area contributed by atoms with Gasteiger partial charge in [0.15, 0.2) is 0 Å². The normalized spacial score (nSPS) is 29.1. The van der Waals surface area contributed by atoms with Crippen molar-refractivity contribution in [1.82, 2.24) is 10.6 Å². The van der Waals surface area contributed by atoms with Crippen molar-refractivity contribution in [1.29, 1.82) is 0 Å². The van der Waals surface area contributed by atoms with Crippen LogP contribution in [0.2, 0.25) is 6.32 Å². The Morgan fingerprint density at radius 1 is 1.31 bits per heavy atom. The number of hydrogen-bond donors (Lipinski definition) is 3. The summed E-state index contributed by atoms with van der Waals surface area (Å²) in [5, 5.41) is 15.7. The zero-order valence-electron chi connectivity index (χ0n) is 16.3. The number of hydrogen-bond acceptors (Lipinski definition) is 7. The van der Waals surface area contributed by atoms with Crippen molar-refractivity contribution in [2.45, 2.75) is 77.6 Å². The second kappa shape index (κ2) is 8.72. The molecule has 0 aromatic carbocycles. The van der Waals surface area contributed by atoms with Crippen LogP contribution >= 0.6 is 0 Å². The topological polar surface area (TPSA) is 96.9 Å². The second-order valence-electron chi connectivity index (χ2n) is 8.36. The number of esters is 2. The van der Waals surface area contributed by atoms with Crippen molar-refractivity contribution in [2.24, 2.45) is 11.3 Å². The molecule has 0 amide bonds. The lowest BCUT2D eigenvalue weighted by Gasteiger charge is -2.34. The molecule has 2 aliphatic heterocycles. The standard InChI is InChI=1S/C18H32BN2O5/c1-12(25-15(22)17(2,3)4)26-16(23)18(8-5-6-9-19-24)13-7-10-20-14(13)11-21-18/h12-14,20-21,24H,5-11H2,1-4H3/t12?,13-,14-,18+/m0/s1. The van der Waals surface area contributed by atoms with E-state index < -0.39 is 23.2 Å². The SMILES string of the molecule is CC(OC(=O)C(C)(C)C)OC(=O)[C@]1(CCCC[B]O)NC[C@@H]2NCC[C@@H]21. The molecule has 26 heavy (non-hydrogen) atoms. The summed E-state index contributed by atoms with van der Waals surface area (Å²) in [5.41, 5.74) is -1.41. The van der Waals surface area contributed by atoms with E-state index in [1.165, 1.54) is 0 Å². The molecule has 0 spiro atoms. The Bertz CT molecular complexity index is 510. The number of ether oxygens (including phenoxy) is 2. The minimum atomic E-state index is -0.924. The number of fused-ring (bicyclic) bond motifs is 1. The van der Waals surface area contributed by atoms with Crippen LogP contribution in [-0.4, -0.2) is 55.4 Å². The van der Waals surface area contributed by atoms with Crippen LogP contribution in [-0.2, 0) is 19.1 Å². The number of nitrogens with one attached hydrogen (secondary N) is 2. The fourth-order valence-electron chi connectivity index (χ4n) is 3.84. The van der Waals surface area contributed by atoms with E-state index in [2.05, 4.69) is 10.6 Å². The zero-order chi connectivity index (χ0) is 19.4. The maximum Gasteiger partial charge on any atom is 0.329 e. The predicted molar refractivity (Wildman–Crippen MR) is 98.4 cm³/mol. The highest BCUT2D eigenvalue weighted by molar-refractivity contribution is 6.25. The van der Waals surface area contributed by atoms with E-state index in [4.69, 9.17) is 14.5 Å². The number of unbranched alkanes of at least 4 members (excludes halogenated alkanes) is 1. The molecule has 2 aliphatic rings. The Kier molecular flexibility index (Phi) is 7.10. The summed E-state index contributed by atoms with van der Waals surface area (Å²) < 4.78 is 10.8. The fraction of sp³-hybridized carbons (Fsp3) is 0.889. The third-order valence-corrected chi connectivity index (χ3v) is 5.29. The Balaban J connectivity index is 2.02. The average molecular weight is 367 g/mol. The summed E-state index contributed by atoms with van der Waals surface area (Å²) in [6.45, 7) is 8.48. The van der Waals surface area contributed by atoms with E-state index in [0.29, 0.717) is 12.7 Å². The molecule has 2 fully saturated rings. The van der Waals surface area contributed by atoms with Crippen LogP contribution in [0.3, 0.4) is 0 Å². The first-order valence-electron chi connectivity index (χ1n) is 9.57. The van der Waals surface area contributed by atoms with E-state index >= 15 is 0 Å². The molecule has 2 rings (SSSR count). The first kappa shape index (κ1) is 21.2. The molecule has 0 aromatic rings. The summed E-state index contributed by atoms with van der Waals surface area (Å²) in [6, 6.07) is 0.263. The molecule has 8 heteroatoms. The molecule has 1 unspecified atom stereocenters. The van der Waals surface area contributed by atoms with E-state index in [1.54, 1.807) is 27.7 Å². The van der Waals surface area contributed by atoms with Crippen molar-refractivity contribution in [2.75, 3.05) is 13.1 Å². The first-order valence-corrected chi connectivity index (χ1v) is 9.57. The molecule has 147 valence electrons. The molecule has 2 saturated heterocycles. The molecule has 0 saturated carbocycles. The Morgan fingerprint density at radius 3 is 2.69 bits per heavy atom. The van der Waals surface area contributed by atoms with E-state index in [-0.39, 0.29) is 17.9 Å². The maximum atomic E-state index is 13.1. The lowest BCUT2D eigenvalue weighted by Crippen LogP contribution is -2.54. The maximum absolute atomic E-state index is 13.1. The van der Waals surface area contributed by atoms with Crippen LogP contribution in [0.1, 0.15) is 53.4 Å². The van der Waals surface area contributed by atoms with Crippen molar-refractivity contribution < 1.29 is 24.1 Å². The third-order valence-electron chi connectivity index (χ3n) is 5.29. The molecule has 0 aromatic heterocycles. The highest BCUT2D eigenvalue weighted by atomic mass is 16.7. The first-order chi connectivity index (χ1) is 12.2. The Hall–Kier alpha value is -1.12. The average Bonchev–Trinajstić information content (AvgIpc) is 3.14. The molecule has 0 aliphatic carbocycles. The molecule has 3 N–H and O–H groups in total. The van der Waals surface area contributed by atoms with Gasteiger partial charge in [0.1, 0.15) is 5.54 Å². The van der Waals surface area contributed by atoms with Crippen LogP contribution in [0.4, 0.5) is 0 Å². The predicted octanol–water partition coefficient (Wildman–Crippen LogP) is 0.985. The van der Waals surface area contributed by atoms with Gasteiger partial charge in [-0.15, -0.1) is 0 Å².